The highest BCUT2D eigenvalue weighted by molar-refractivity contribution is 5.37. The number of rotatable bonds is 4. The summed E-state index contributed by atoms with van der Waals surface area (Å²) in [6.07, 6.45) is 10.5. The van der Waals surface area contributed by atoms with Crippen LogP contribution in [0.4, 0.5) is 5.82 Å². The first-order valence-corrected chi connectivity index (χ1v) is 5.64. The number of hydrogen-bond acceptors (Lipinski definition) is 4. The van der Waals surface area contributed by atoms with Crippen molar-refractivity contribution in [2.45, 2.75) is 31.7 Å². The van der Waals surface area contributed by atoms with Gasteiger partial charge in [-0.25, -0.2) is 4.98 Å². The zero-order chi connectivity index (χ0) is 10.5. The Kier molecular flexibility index (Phi) is 3.50. The molecule has 0 spiro atoms. The summed E-state index contributed by atoms with van der Waals surface area (Å²) in [5, 5.41) is 0. The van der Waals surface area contributed by atoms with Gasteiger partial charge in [-0.2, -0.15) is 0 Å². The van der Waals surface area contributed by atoms with Crippen LogP contribution in [0.25, 0.3) is 0 Å². The monoisotopic (exact) mass is 206 g/mol. The van der Waals surface area contributed by atoms with E-state index in [9.17, 15) is 0 Å². The summed E-state index contributed by atoms with van der Waals surface area (Å²) in [5.41, 5.74) is 5.64. The van der Waals surface area contributed by atoms with Crippen LogP contribution in [0.1, 0.15) is 25.7 Å². The van der Waals surface area contributed by atoms with Crippen molar-refractivity contribution in [3.8, 4) is 0 Å². The average Bonchev–Trinajstić information content (AvgIpc) is 2.80. The third kappa shape index (κ3) is 2.45. The Bertz CT molecular complexity index is 282. The van der Waals surface area contributed by atoms with Gasteiger partial charge < -0.3 is 10.6 Å². The van der Waals surface area contributed by atoms with Crippen molar-refractivity contribution in [2.75, 3.05) is 18.0 Å². The molecule has 15 heavy (non-hydrogen) atoms. The van der Waals surface area contributed by atoms with Crippen molar-refractivity contribution in [1.29, 1.82) is 0 Å². The SMILES string of the molecule is NCCN(c1cnccn1)C1CCCC1. The average molecular weight is 206 g/mol. The topological polar surface area (TPSA) is 55.0 Å². The van der Waals surface area contributed by atoms with Crippen molar-refractivity contribution in [3.05, 3.63) is 18.6 Å². The van der Waals surface area contributed by atoms with Crippen LogP contribution >= 0.6 is 0 Å². The van der Waals surface area contributed by atoms with Gasteiger partial charge in [0.25, 0.3) is 0 Å². The van der Waals surface area contributed by atoms with Gasteiger partial charge in [0.05, 0.1) is 6.20 Å². The van der Waals surface area contributed by atoms with E-state index in [2.05, 4.69) is 14.9 Å². The summed E-state index contributed by atoms with van der Waals surface area (Å²) < 4.78 is 0. The molecule has 0 amide bonds. The zero-order valence-electron chi connectivity index (χ0n) is 8.97. The summed E-state index contributed by atoms with van der Waals surface area (Å²) in [7, 11) is 0. The molecule has 1 aromatic heterocycles. The van der Waals surface area contributed by atoms with Crippen LogP contribution in [0.5, 0.6) is 0 Å². The molecule has 4 nitrogen and oxygen atoms in total. The fourth-order valence-electron chi connectivity index (χ4n) is 2.28. The predicted octanol–water partition coefficient (Wildman–Crippen LogP) is 1.18. The third-order valence-corrected chi connectivity index (χ3v) is 2.98. The second kappa shape index (κ2) is 5.07. The van der Waals surface area contributed by atoms with Crippen LogP contribution in [0.3, 0.4) is 0 Å². The Morgan fingerprint density at radius 3 is 2.73 bits per heavy atom. The third-order valence-electron chi connectivity index (χ3n) is 2.98. The van der Waals surface area contributed by atoms with Crippen LogP contribution in [0, 0.1) is 0 Å². The van der Waals surface area contributed by atoms with Crippen molar-refractivity contribution < 1.29 is 0 Å². The molecule has 1 heterocycles. The van der Waals surface area contributed by atoms with Crippen molar-refractivity contribution in [3.63, 3.8) is 0 Å². The van der Waals surface area contributed by atoms with Gasteiger partial charge >= 0.3 is 0 Å². The van der Waals surface area contributed by atoms with Gasteiger partial charge in [0.15, 0.2) is 0 Å². The van der Waals surface area contributed by atoms with Gasteiger partial charge in [0.2, 0.25) is 0 Å². The molecule has 2 rings (SSSR count). The Morgan fingerprint density at radius 2 is 2.13 bits per heavy atom. The van der Waals surface area contributed by atoms with E-state index < -0.39 is 0 Å². The van der Waals surface area contributed by atoms with E-state index in [4.69, 9.17) is 5.73 Å². The van der Waals surface area contributed by atoms with E-state index in [1.165, 1.54) is 25.7 Å². The van der Waals surface area contributed by atoms with Gasteiger partial charge in [0, 0.05) is 31.5 Å². The van der Waals surface area contributed by atoms with Gasteiger partial charge in [0.1, 0.15) is 5.82 Å². The molecule has 0 unspecified atom stereocenters. The second-order valence-corrected chi connectivity index (χ2v) is 3.98. The zero-order valence-corrected chi connectivity index (χ0v) is 8.97. The van der Waals surface area contributed by atoms with E-state index in [0.717, 1.165) is 12.4 Å². The molecule has 0 radical (unpaired) electrons. The largest absolute Gasteiger partial charge is 0.351 e. The molecule has 0 saturated heterocycles. The molecule has 1 aromatic rings. The second-order valence-electron chi connectivity index (χ2n) is 3.98. The summed E-state index contributed by atoms with van der Waals surface area (Å²) in [4.78, 5) is 10.8. The molecule has 82 valence electrons. The van der Waals surface area contributed by atoms with Crippen LogP contribution in [-0.2, 0) is 0 Å². The Morgan fingerprint density at radius 1 is 1.33 bits per heavy atom. The number of hydrogen-bond donors (Lipinski definition) is 1. The number of anilines is 1. The molecule has 0 bridgehead atoms. The van der Waals surface area contributed by atoms with Crippen LogP contribution in [0.15, 0.2) is 18.6 Å². The highest BCUT2D eigenvalue weighted by Crippen LogP contribution is 2.26. The molecule has 1 aliphatic carbocycles. The lowest BCUT2D eigenvalue weighted by molar-refractivity contribution is 0.601. The minimum Gasteiger partial charge on any atom is -0.351 e. The molecule has 0 aliphatic heterocycles. The smallest absolute Gasteiger partial charge is 0.147 e. The maximum Gasteiger partial charge on any atom is 0.147 e. The first-order valence-electron chi connectivity index (χ1n) is 5.64. The Hall–Kier alpha value is -1.16. The summed E-state index contributed by atoms with van der Waals surface area (Å²) >= 11 is 0. The highest BCUT2D eigenvalue weighted by Gasteiger charge is 2.22. The van der Waals surface area contributed by atoms with Crippen LogP contribution in [0.2, 0.25) is 0 Å². The first kappa shape index (κ1) is 10.4. The highest BCUT2D eigenvalue weighted by atomic mass is 15.2. The lowest BCUT2D eigenvalue weighted by Crippen LogP contribution is -2.37. The Labute approximate surface area is 90.5 Å². The molecule has 0 aromatic carbocycles. The lowest BCUT2D eigenvalue weighted by Gasteiger charge is -2.29. The van der Waals surface area contributed by atoms with Crippen LogP contribution in [-0.4, -0.2) is 29.1 Å². The number of aromatic nitrogens is 2. The first-order chi connectivity index (χ1) is 7.42. The van der Waals surface area contributed by atoms with Gasteiger partial charge in [-0.1, -0.05) is 12.8 Å². The molecule has 4 heteroatoms. The lowest BCUT2D eigenvalue weighted by atomic mass is 10.2. The van der Waals surface area contributed by atoms with E-state index in [-0.39, 0.29) is 0 Å². The maximum atomic E-state index is 5.64. The van der Waals surface area contributed by atoms with Gasteiger partial charge in [-0.15, -0.1) is 0 Å². The minimum atomic E-state index is 0.616. The van der Waals surface area contributed by atoms with Gasteiger partial charge in [-0.05, 0) is 12.8 Å². The van der Waals surface area contributed by atoms with E-state index in [1.807, 2.05) is 6.20 Å². The van der Waals surface area contributed by atoms with E-state index in [0.29, 0.717) is 12.6 Å². The van der Waals surface area contributed by atoms with E-state index >= 15 is 0 Å². The van der Waals surface area contributed by atoms with Crippen molar-refractivity contribution in [2.24, 2.45) is 5.73 Å². The number of nitrogens with two attached hydrogens (primary N) is 1. The minimum absolute atomic E-state index is 0.616. The molecule has 1 aliphatic rings. The molecular weight excluding hydrogens is 188 g/mol. The fourth-order valence-corrected chi connectivity index (χ4v) is 2.28. The standard InChI is InChI=1S/C11H18N4/c12-5-8-15(10-3-1-2-4-10)11-9-13-6-7-14-11/h6-7,9-10H,1-5,8,12H2. The maximum absolute atomic E-state index is 5.64. The fraction of sp³-hybridized carbons (Fsp3) is 0.636. The summed E-state index contributed by atoms with van der Waals surface area (Å²) in [6.45, 7) is 1.55. The molecule has 2 N–H and O–H groups in total. The molecule has 1 fully saturated rings. The summed E-state index contributed by atoms with van der Waals surface area (Å²) in [5.74, 6) is 0.967. The Balaban J connectivity index is 2.11. The normalized spacial score (nSPS) is 16.9. The molecule has 0 atom stereocenters. The molecule has 1 saturated carbocycles. The van der Waals surface area contributed by atoms with Crippen molar-refractivity contribution >= 4 is 5.82 Å². The summed E-state index contributed by atoms with van der Waals surface area (Å²) in [6, 6.07) is 0.616. The van der Waals surface area contributed by atoms with E-state index in [1.54, 1.807) is 12.4 Å². The molecular formula is C11H18N4. The number of nitrogens with zero attached hydrogens (tertiary/aromatic N) is 3. The van der Waals surface area contributed by atoms with Gasteiger partial charge in [-0.3, -0.25) is 4.98 Å². The predicted molar refractivity (Wildman–Crippen MR) is 60.7 cm³/mol. The quantitative estimate of drug-likeness (QED) is 0.804. The van der Waals surface area contributed by atoms with Crippen molar-refractivity contribution in [1.82, 2.24) is 9.97 Å². The van der Waals surface area contributed by atoms with Crippen LogP contribution < -0.4 is 10.6 Å².